The van der Waals surface area contributed by atoms with E-state index in [1.165, 1.54) is 6.42 Å². The van der Waals surface area contributed by atoms with Crippen LogP contribution in [0, 0.1) is 11.8 Å². The van der Waals surface area contributed by atoms with Gasteiger partial charge >= 0.3 is 0 Å². The van der Waals surface area contributed by atoms with Crippen molar-refractivity contribution in [2.24, 2.45) is 11.8 Å². The molecule has 3 heterocycles. The van der Waals surface area contributed by atoms with Gasteiger partial charge in [0.15, 0.2) is 0 Å². The molecule has 0 radical (unpaired) electrons. The van der Waals surface area contributed by atoms with E-state index >= 15 is 0 Å². The van der Waals surface area contributed by atoms with E-state index in [4.69, 9.17) is 0 Å². The van der Waals surface area contributed by atoms with Gasteiger partial charge in [0.1, 0.15) is 6.29 Å². The van der Waals surface area contributed by atoms with E-state index in [2.05, 4.69) is 33.1 Å². The number of para-hydroxylation sites is 1. The lowest BCUT2D eigenvalue weighted by Crippen LogP contribution is -2.75. The number of anilines is 1. The van der Waals surface area contributed by atoms with Crippen LogP contribution in [0.4, 0.5) is 5.69 Å². The Balaban J connectivity index is 1.50. The predicted octanol–water partition coefficient (Wildman–Crippen LogP) is 0.971. The summed E-state index contributed by atoms with van der Waals surface area (Å²) >= 11 is 0. The molecular formula is C21H29N5O3. The molecule has 3 saturated heterocycles. The lowest BCUT2D eigenvalue weighted by atomic mass is 9.81. The maximum absolute atomic E-state index is 13.0. The van der Waals surface area contributed by atoms with Crippen LogP contribution in [-0.2, 0) is 14.4 Å². The molecule has 29 heavy (non-hydrogen) atoms. The van der Waals surface area contributed by atoms with Crippen molar-refractivity contribution in [2.75, 3.05) is 11.9 Å². The molecule has 0 bridgehead atoms. The Hall–Kier alpha value is -2.45. The topological polar surface area (TPSA) is 103 Å². The number of carbonyl (C=O) groups is 3. The third-order valence-corrected chi connectivity index (χ3v) is 6.29. The zero-order chi connectivity index (χ0) is 20.4. The second kappa shape index (κ2) is 8.51. The molecule has 0 aliphatic carbocycles. The molecule has 5 unspecified atom stereocenters. The minimum absolute atomic E-state index is 0.000892. The molecular weight excluding hydrogens is 370 g/mol. The molecule has 3 aliphatic rings. The van der Waals surface area contributed by atoms with Gasteiger partial charge in [0.2, 0.25) is 17.7 Å². The summed E-state index contributed by atoms with van der Waals surface area (Å²) in [6.45, 7) is 3.06. The fourth-order valence-corrected chi connectivity index (χ4v) is 4.80. The molecule has 1 aromatic carbocycles. The van der Waals surface area contributed by atoms with Gasteiger partial charge in [0.05, 0.1) is 18.0 Å². The summed E-state index contributed by atoms with van der Waals surface area (Å²) in [6, 6.07) is 9.49. The molecule has 0 aromatic heterocycles. The monoisotopic (exact) mass is 399 g/mol. The summed E-state index contributed by atoms with van der Waals surface area (Å²) < 4.78 is 0. The SMILES string of the molecule is CCC1CCCCN1C1NC(=O)C2C(NC(=O)CC2C(=O)Nc2ccccc2)N1. The number of rotatable bonds is 4. The zero-order valence-electron chi connectivity index (χ0n) is 16.7. The number of hydrogen-bond donors (Lipinski definition) is 4. The smallest absolute Gasteiger partial charge is 0.229 e. The second-order valence-electron chi connectivity index (χ2n) is 8.11. The van der Waals surface area contributed by atoms with E-state index in [0.29, 0.717) is 11.7 Å². The van der Waals surface area contributed by atoms with Crippen molar-refractivity contribution >= 4 is 23.4 Å². The molecule has 8 heteroatoms. The number of hydrogen-bond acceptors (Lipinski definition) is 5. The van der Waals surface area contributed by atoms with Crippen molar-refractivity contribution in [2.45, 2.75) is 57.5 Å². The van der Waals surface area contributed by atoms with E-state index in [0.717, 1.165) is 25.8 Å². The maximum atomic E-state index is 13.0. The normalized spacial score (nSPS) is 32.7. The van der Waals surface area contributed by atoms with E-state index in [1.54, 1.807) is 12.1 Å². The third-order valence-electron chi connectivity index (χ3n) is 6.29. The lowest BCUT2D eigenvalue weighted by Gasteiger charge is -2.49. The lowest BCUT2D eigenvalue weighted by molar-refractivity contribution is -0.148. The van der Waals surface area contributed by atoms with Crippen LogP contribution in [0.15, 0.2) is 30.3 Å². The summed E-state index contributed by atoms with van der Waals surface area (Å²) in [4.78, 5) is 40.5. The highest BCUT2D eigenvalue weighted by molar-refractivity contribution is 6.00. The Morgan fingerprint density at radius 1 is 1.17 bits per heavy atom. The van der Waals surface area contributed by atoms with E-state index in [9.17, 15) is 14.4 Å². The van der Waals surface area contributed by atoms with Crippen LogP contribution in [0.2, 0.25) is 0 Å². The van der Waals surface area contributed by atoms with Gasteiger partial charge in [-0.3, -0.25) is 24.6 Å². The maximum Gasteiger partial charge on any atom is 0.229 e. The number of piperidine rings is 2. The molecule has 8 nitrogen and oxygen atoms in total. The first kappa shape index (κ1) is 19.8. The molecule has 3 amide bonds. The summed E-state index contributed by atoms with van der Waals surface area (Å²) in [5.41, 5.74) is 0.654. The number of fused-ring (bicyclic) bond motifs is 1. The number of amides is 3. The fraction of sp³-hybridized carbons (Fsp3) is 0.571. The Morgan fingerprint density at radius 3 is 2.72 bits per heavy atom. The van der Waals surface area contributed by atoms with Crippen molar-refractivity contribution in [1.29, 1.82) is 0 Å². The van der Waals surface area contributed by atoms with Crippen molar-refractivity contribution in [3.63, 3.8) is 0 Å². The molecule has 4 rings (SSSR count). The van der Waals surface area contributed by atoms with Gasteiger partial charge in [0, 0.05) is 24.7 Å². The van der Waals surface area contributed by atoms with Crippen molar-refractivity contribution in [1.82, 2.24) is 20.9 Å². The highest BCUT2D eigenvalue weighted by Gasteiger charge is 2.49. The molecule has 3 aliphatic heterocycles. The van der Waals surface area contributed by atoms with Gasteiger partial charge < -0.3 is 16.0 Å². The van der Waals surface area contributed by atoms with Crippen LogP contribution in [0.5, 0.6) is 0 Å². The highest BCUT2D eigenvalue weighted by atomic mass is 16.2. The predicted molar refractivity (Wildman–Crippen MR) is 108 cm³/mol. The van der Waals surface area contributed by atoms with Gasteiger partial charge in [-0.25, -0.2) is 0 Å². The quantitative estimate of drug-likeness (QED) is 0.604. The van der Waals surface area contributed by atoms with E-state index in [-0.39, 0.29) is 30.4 Å². The Labute approximate surface area is 170 Å². The Kier molecular flexibility index (Phi) is 5.82. The fourth-order valence-electron chi connectivity index (χ4n) is 4.80. The van der Waals surface area contributed by atoms with E-state index < -0.39 is 18.0 Å². The van der Waals surface area contributed by atoms with Crippen LogP contribution in [0.1, 0.15) is 39.0 Å². The average Bonchev–Trinajstić information content (AvgIpc) is 2.73. The van der Waals surface area contributed by atoms with Gasteiger partial charge in [-0.15, -0.1) is 0 Å². The van der Waals surface area contributed by atoms with Crippen LogP contribution in [0.25, 0.3) is 0 Å². The first-order chi connectivity index (χ1) is 14.1. The van der Waals surface area contributed by atoms with Crippen LogP contribution >= 0.6 is 0 Å². The number of nitrogens with zero attached hydrogens (tertiary/aromatic N) is 1. The second-order valence-corrected chi connectivity index (χ2v) is 8.11. The first-order valence-corrected chi connectivity index (χ1v) is 10.5. The minimum atomic E-state index is -0.717. The van der Waals surface area contributed by atoms with Crippen LogP contribution in [0.3, 0.4) is 0 Å². The summed E-state index contributed by atoms with van der Waals surface area (Å²) in [5.74, 6) is -2.07. The Morgan fingerprint density at radius 2 is 1.97 bits per heavy atom. The van der Waals surface area contributed by atoms with Crippen LogP contribution < -0.4 is 21.3 Å². The zero-order valence-corrected chi connectivity index (χ0v) is 16.7. The largest absolute Gasteiger partial charge is 0.340 e. The first-order valence-electron chi connectivity index (χ1n) is 10.5. The number of benzene rings is 1. The summed E-state index contributed by atoms with van der Waals surface area (Å²) in [5, 5.41) is 12.2. The van der Waals surface area contributed by atoms with Gasteiger partial charge in [-0.2, -0.15) is 0 Å². The van der Waals surface area contributed by atoms with Crippen molar-refractivity contribution < 1.29 is 14.4 Å². The van der Waals surface area contributed by atoms with E-state index in [1.807, 2.05) is 18.2 Å². The molecule has 1 aromatic rings. The number of nitrogens with one attached hydrogen (secondary N) is 4. The minimum Gasteiger partial charge on any atom is -0.340 e. The number of likely N-dealkylation sites (tertiary alicyclic amines) is 1. The molecule has 3 fully saturated rings. The van der Waals surface area contributed by atoms with Gasteiger partial charge in [-0.05, 0) is 31.4 Å². The van der Waals surface area contributed by atoms with Crippen LogP contribution in [-0.4, -0.2) is 47.7 Å². The summed E-state index contributed by atoms with van der Waals surface area (Å²) in [7, 11) is 0. The van der Waals surface area contributed by atoms with Crippen molar-refractivity contribution in [3.8, 4) is 0 Å². The molecule has 4 N–H and O–H groups in total. The summed E-state index contributed by atoms with van der Waals surface area (Å²) in [6.07, 6.45) is 3.52. The molecule has 156 valence electrons. The third kappa shape index (κ3) is 4.13. The Bertz CT molecular complexity index is 771. The van der Waals surface area contributed by atoms with Gasteiger partial charge in [0.25, 0.3) is 0 Å². The van der Waals surface area contributed by atoms with Gasteiger partial charge in [-0.1, -0.05) is 31.5 Å². The molecule has 5 atom stereocenters. The molecule has 0 spiro atoms. The standard InChI is InChI=1S/C21H29N5O3/c1-2-14-10-6-7-11-26(14)21-24-18-17(20(29)25-21)15(12-16(27)23-18)19(28)22-13-8-4-3-5-9-13/h3-5,8-9,14-15,17-18,21,24H,2,6-7,10-12H2,1H3,(H,22,28)(H,23,27)(H,25,29). The van der Waals surface area contributed by atoms with Crippen molar-refractivity contribution in [3.05, 3.63) is 30.3 Å². The number of carbonyl (C=O) groups excluding carboxylic acids is 3. The molecule has 0 saturated carbocycles. The average molecular weight is 399 g/mol. The highest BCUT2D eigenvalue weighted by Crippen LogP contribution is 2.29.